The fraction of sp³-hybridized carbons (Fsp3) is 0.471. The number of hydrogen-bond donors (Lipinski definition) is 3. The molecule has 1 aromatic carbocycles. The van der Waals surface area contributed by atoms with Crippen molar-refractivity contribution in [3.8, 4) is 0 Å². The van der Waals surface area contributed by atoms with E-state index in [0.717, 1.165) is 39.3 Å². The van der Waals surface area contributed by atoms with Crippen molar-refractivity contribution in [1.82, 2.24) is 25.8 Å². The van der Waals surface area contributed by atoms with Gasteiger partial charge in [0.1, 0.15) is 17.2 Å². The maximum atomic E-state index is 13.3. The minimum Gasteiger partial charge on any atom is -0.411 e. The summed E-state index contributed by atoms with van der Waals surface area (Å²) in [7, 11) is 0. The van der Waals surface area contributed by atoms with Crippen LogP contribution in [-0.4, -0.2) is 65.4 Å². The molecule has 0 bridgehead atoms. The summed E-state index contributed by atoms with van der Waals surface area (Å²) in [6.07, 6.45) is 0.221. The number of aromatic nitrogens is 2. The number of nitrogens with one attached hydrogen (secondary N) is 2. The lowest BCUT2D eigenvalue weighted by Gasteiger charge is -2.27. The van der Waals surface area contributed by atoms with Crippen LogP contribution in [0.4, 0.5) is 4.39 Å². The molecule has 2 aromatic rings. The molecule has 8 nitrogen and oxygen atoms in total. The lowest BCUT2D eigenvalue weighted by molar-refractivity contribution is 0.240. The van der Waals surface area contributed by atoms with Gasteiger partial charge in [0.25, 0.3) is 0 Å². The highest BCUT2D eigenvalue weighted by Gasteiger charge is 2.18. The number of benzene rings is 1. The summed E-state index contributed by atoms with van der Waals surface area (Å²) >= 11 is 5.80. The Balaban J connectivity index is 1.56. The summed E-state index contributed by atoms with van der Waals surface area (Å²) in [5.74, 6) is -0.500. The topological polar surface area (TPSA) is 98.8 Å². The molecule has 0 amide bonds. The first-order valence-electron chi connectivity index (χ1n) is 8.78. The van der Waals surface area contributed by atoms with Crippen molar-refractivity contribution in [3.05, 3.63) is 46.0 Å². The van der Waals surface area contributed by atoms with E-state index in [2.05, 4.69) is 31.0 Å². The number of oxime groups is 1. The van der Waals surface area contributed by atoms with Crippen LogP contribution in [0.2, 0.25) is 5.02 Å². The molecule has 3 rings (SSSR count). The molecule has 1 aliphatic heterocycles. The number of piperazine rings is 1. The van der Waals surface area contributed by atoms with Gasteiger partial charge < -0.3 is 15.8 Å². The minimum absolute atomic E-state index is 0.0119. The van der Waals surface area contributed by atoms with E-state index in [9.17, 15) is 9.60 Å². The third kappa shape index (κ3) is 5.46. The van der Waals surface area contributed by atoms with Gasteiger partial charge in [-0.1, -0.05) is 28.0 Å². The summed E-state index contributed by atoms with van der Waals surface area (Å²) in [5, 5.41) is 27.1. The van der Waals surface area contributed by atoms with Crippen molar-refractivity contribution in [2.45, 2.75) is 13.0 Å². The number of rotatable bonds is 8. The zero-order valence-corrected chi connectivity index (χ0v) is 15.5. The van der Waals surface area contributed by atoms with Crippen LogP contribution in [0.1, 0.15) is 17.0 Å². The second-order valence-corrected chi connectivity index (χ2v) is 6.71. The average Bonchev–Trinajstić information content (AvgIpc) is 3.15. The lowest BCUT2D eigenvalue weighted by atomic mass is 10.1. The van der Waals surface area contributed by atoms with Gasteiger partial charge in [0, 0.05) is 52.2 Å². The monoisotopic (exact) mass is 396 g/mol. The van der Waals surface area contributed by atoms with Crippen LogP contribution < -0.4 is 10.6 Å². The van der Waals surface area contributed by atoms with Crippen LogP contribution in [0.5, 0.6) is 0 Å². The quantitative estimate of drug-likeness (QED) is 0.267. The van der Waals surface area contributed by atoms with Crippen LogP contribution in [0, 0.1) is 5.82 Å². The van der Waals surface area contributed by atoms with Gasteiger partial charge in [0.2, 0.25) is 0 Å². The van der Waals surface area contributed by atoms with Crippen molar-refractivity contribution >= 4 is 17.3 Å². The van der Waals surface area contributed by atoms with Crippen LogP contribution in [-0.2, 0) is 13.0 Å². The Morgan fingerprint density at radius 2 is 2.19 bits per heavy atom. The molecule has 2 heterocycles. The van der Waals surface area contributed by atoms with Crippen molar-refractivity contribution < 1.29 is 14.2 Å². The van der Waals surface area contributed by atoms with Gasteiger partial charge in [0.15, 0.2) is 5.69 Å². The second kappa shape index (κ2) is 9.75. The average molecular weight is 397 g/mol. The van der Waals surface area contributed by atoms with Gasteiger partial charge in [-0.3, -0.25) is 4.90 Å². The fourth-order valence-electron chi connectivity index (χ4n) is 2.93. The molecular weight excluding hydrogens is 375 g/mol. The van der Waals surface area contributed by atoms with Gasteiger partial charge in [-0.05, 0) is 22.9 Å². The fourth-order valence-corrected chi connectivity index (χ4v) is 3.13. The normalized spacial score (nSPS) is 16.0. The first kappa shape index (κ1) is 19.7. The Labute approximate surface area is 161 Å². The van der Waals surface area contributed by atoms with Gasteiger partial charge >= 0.3 is 0 Å². The third-order valence-electron chi connectivity index (χ3n) is 4.41. The van der Waals surface area contributed by atoms with Gasteiger partial charge in [-0.2, -0.15) is 0 Å². The summed E-state index contributed by atoms with van der Waals surface area (Å²) in [5.41, 5.74) is 1.89. The molecule has 0 unspecified atom stereocenters. The molecule has 1 saturated heterocycles. The highest BCUT2D eigenvalue weighted by molar-refractivity contribution is 6.30. The van der Waals surface area contributed by atoms with Gasteiger partial charge in [0.05, 0.1) is 5.02 Å². The van der Waals surface area contributed by atoms with E-state index in [0.29, 0.717) is 23.5 Å². The van der Waals surface area contributed by atoms with E-state index in [1.165, 1.54) is 12.1 Å². The molecule has 0 atom stereocenters. The molecule has 1 fully saturated rings. The van der Waals surface area contributed by atoms with Crippen molar-refractivity contribution in [1.29, 1.82) is 0 Å². The number of halogens is 2. The van der Waals surface area contributed by atoms with E-state index in [1.807, 2.05) is 0 Å². The number of nitrogens with zero attached hydrogens (tertiary/aromatic N) is 4. The Morgan fingerprint density at radius 1 is 1.37 bits per heavy atom. The molecule has 0 saturated carbocycles. The Hall–Kier alpha value is -2.07. The van der Waals surface area contributed by atoms with Crippen LogP contribution in [0.15, 0.2) is 28.0 Å². The predicted octanol–water partition coefficient (Wildman–Crippen LogP) is 1.28. The maximum absolute atomic E-state index is 13.3. The summed E-state index contributed by atoms with van der Waals surface area (Å²) < 4.78 is 18.1. The Bertz CT molecular complexity index is 779. The molecule has 1 aliphatic rings. The smallest absolute Gasteiger partial charge is 0.157 e. The van der Waals surface area contributed by atoms with Crippen LogP contribution in [0.3, 0.4) is 0 Å². The van der Waals surface area contributed by atoms with Crippen molar-refractivity contribution in [2.24, 2.45) is 5.16 Å². The molecule has 27 heavy (non-hydrogen) atoms. The molecule has 3 N–H and O–H groups in total. The molecule has 0 aliphatic carbocycles. The van der Waals surface area contributed by atoms with E-state index < -0.39 is 5.82 Å². The Morgan fingerprint density at radius 3 is 2.93 bits per heavy atom. The van der Waals surface area contributed by atoms with E-state index >= 15 is 0 Å². The highest BCUT2D eigenvalue weighted by Crippen LogP contribution is 2.18. The predicted molar refractivity (Wildman–Crippen MR) is 98.8 cm³/mol. The van der Waals surface area contributed by atoms with Crippen molar-refractivity contribution in [2.75, 3.05) is 39.3 Å². The van der Waals surface area contributed by atoms with E-state index in [-0.39, 0.29) is 17.2 Å². The molecule has 1 aromatic heterocycles. The molecule has 10 heteroatoms. The molecule has 146 valence electrons. The zero-order valence-electron chi connectivity index (χ0n) is 14.8. The van der Waals surface area contributed by atoms with Crippen molar-refractivity contribution in [3.63, 3.8) is 0 Å². The summed E-state index contributed by atoms with van der Waals surface area (Å²) in [6.45, 7) is 6.29. The summed E-state index contributed by atoms with van der Waals surface area (Å²) in [4.78, 5) is 2.38. The SMILES string of the molecule is ON=C(Cc1ccc(F)c(Cl)c1)c1nonc1CNCCN1CCNCC1. The highest BCUT2D eigenvalue weighted by atomic mass is 35.5. The van der Waals surface area contributed by atoms with Gasteiger partial charge in [-0.15, -0.1) is 0 Å². The molecule has 0 spiro atoms. The van der Waals surface area contributed by atoms with E-state index in [1.54, 1.807) is 6.07 Å². The second-order valence-electron chi connectivity index (χ2n) is 6.30. The molecule has 0 radical (unpaired) electrons. The Kier molecular flexibility index (Phi) is 7.11. The maximum Gasteiger partial charge on any atom is 0.157 e. The van der Waals surface area contributed by atoms with Gasteiger partial charge in [-0.25, -0.2) is 9.02 Å². The largest absolute Gasteiger partial charge is 0.411 e. The van der Waals surface area contributed by atoms with E-state index in [4.69, 9.17) is 16.2 Å². The third-order valence-corrected chi connectivity index (χ3v) is 4.70. The number of hydrogen-bond acceptors (Lipinski definition) is 8. The summed E-state index contributed by atoms with van der Waals surface area (Å²) in [6, 6.07) is 4.33. The minimum atomic E-state index is -0.500. The van der Waals surface area contributed by atoms with Crippen LogP contribution >= 0.6 is 11.6 Å². The standard InChI is InChI=1S/C17H22ClFN6O2/c18-13-9-12(1-2-14(13)19)10-15(22-26)17-16(23-27-24-17)11-21-5-8-25-6-3-20-4-7-25/h1-2,9,20-21,26H,3-8,10-11H2. The zero-order chi connectivity index (χ0) is 19.1. The first-order chi connectivity index (χ1) is 13.2. The lowest BCUT2D eigenvalue weighted by Crippen LogP contribution is -2.45. The first-order valence-corrected chi connectivity index (χ1v) is 9.15. The molecular formula is C17H22ClFN6O2. The van der Waals surface area contributed by atoms with Crippen LogP contribution in [0.25, 0.3) is 0 Å².